The number of ether oxygens (including phenoxy) is 1. The molecule has 0 spiro atoms. The molecule has 0 unspecified atom stereocenters. The van der Waals surface area contributed by atoms with Crippen LogP contribution in [0.2, 0.25) is 5.02 Å². The summed E-state index contributed by atoms with van der Waals surface area (Å²) in [6, 6.07) is 10.6. The lowest BCUT2D eigenvalue weighted by atomic mass is 10.2. The van der Waals surface area contributed by atoms with Crippen molar-refractivity contribution in [1.82, 2.24) is 9.55 Å². The molecule has 2 heterocycles. The Labute approximate surface area is 168 Å². The van der Waals surface area contributed by atoms with Gasteiger partial charge in [-0.25, -0.2) is 4.98 Å². The second-order valence-electron chi connectivity index (χ2n) is 6.06. The maximum Gasteiger partial charge on any atom is 0.265 e. The van der Waals surface area contributed by atoms with Crippen LogP contribution in [0.25, 0.3) is 11.0 Å². The van der Waals surface area contributed by atoms with Crippen LogP contribution in [0.15, 0.2) is 40.9 Å². The minimum atomic E-state index is -0.358. The zero-order valence-corrected chi connectivity index (χ0v) is 16.5. The fraction of sp³-hybridized carbons (Fsp3) is 0.167. The van der Waals surface area contributed by atoms with Crippen LogP contribution < -0.4 is 15.0 Å². The fourth-order valence-corrected chi connectivity index (χ4v) is 3.45. The molecule has 1 aliphatic rings. The molecule has 0 aliphatic carbocycles. The first kappa shape index (κ1) is 17.8. The number of imidazole rings is 1. The van der Waals surface area contributed by atoms with Crippen LogP contribution in [-0.4, -0.2) is 34.5 Å². The highest BCUT2D eigenvalue weighted by atomic mass is 79.9. The molecule has 4 rings (SSSR count). The number of carbonyl (C=O) groups is 2. The van der Waals surface area contributed by atoms with E-state index in [9.17, 15) is 9.59 Å². The number of nitrogens with one attached hydrogen (secondary N) is 1. The third kappa shape index (κ3) is 3.38. The second kappa shape index (κ2) is 6.86. The number of aryl methyl sites for hydroxylation is 1. The van der Waals surface area contributed by atoms with E-state index in [2.05, 4.69) is 26.2 Å². The van der Waals surface area contributed by atoms with Gasteiger partial charge in [0.1, 0.15) is 12.3 Å². The fourth-order valence-electron chi connectivity index (χ4n) is 2.94. The molecule has 27 heavy (non-hydrogen) atoms. The molecule has 0 atom stereocenters. The summed E-state index contributed by atoms with van der Waals surface area (Å²) < 4.78 is 8.03. The lowest BCUT2D eigenvalue weighted by Crippen LogP contribution is -2.43. The minimum Gasteiger partial charge on any atom is -0.482 e. The van der Waals surface area contributed by atoms with Crippen molar-refractivity contribution in [3.63, 3.8) is 0 Å². The molecular formula is C18H14BrClN4O3. The van der Waals surface area contributed by atoms with E-state index < -0.39 is 0 Å². The van der Waals surface area contributed by atoms with Crippen molar-refractivity contribution in [1.29, 1.82) is 0 Å². The third-order valence-electron chi connectivity index (χ3n) is 4.26. The Hall–Kier alpha value is -2.58. The summed E-state index contributed by atoms with van der Waals surface area (Å²) in [5.41, 5.74) is 2.08. The number of aromatic nitrogens is 2. The molecule has 0 saturated carbocycles. The molecule has 0 bridgehead atoms. The van der Waals surface area contributed by atoms with Crippen LogP contribution in [0.4, 0.5) is 11.6 Å². The first-order chi connectivity index (χ1) is 12.9. The van der Waals surface area contributed by atoms with Gasteiger partial charge in [-0.3, -0.25) is 19.8 Å². The molecule has 2 amide bonds. The smallest absolute Gasteiger partial charge is 0.265 e. The molecule has 0 fully saturated rings. The third-order valence-corrected chi connectivity index (χ3v) is 4.99. The van der Waals surface area contributed by atoms with Gasteiger partial charge in [-0.1, -0.05) is 27.5 Å². The molecule has 138 valence electrons. The predicted molar refractivity (Wildman–Crippen MR) is 106 cm³/mol. The van der Waals surface area contributed by atoms with E-state index in [1.807, 2.05) is 6.07 Å². The van der Waals surface area contributed by atoms with Gasteiger partial charge in [-0.2, -0.15) is 0 Å². The van der Waals surface area contributed by atoms with Gasteiger partial charge in [0.2, 0.25) is 11.9 Å². The van der Waals surface area contributed by atoms with Crippen molar-refractivity contribution in [3.05, 3.63) is 45.9 Å². The molecule has 1 aromatic heterocycles. The highest BCUT2D eigenvalue weighted by molar-refractivity contribution is 9.10. The average molecular weight is 450 g/mol. The van der Waals surface area contributed by atoms with Crippen LogP contribution >= 0.6 is 27.5 Å². The van der Waals surface area contributed by atoms with E-state index in [4.69, 9.17) is 16.3 Å². The monoisotopic (exact) mass is 448 g/mol. The normalized spacial score (nSPS) is 13.4. The summed E-state index contributed by atoms with van der Waals surface area (Å²) in [7, 11) is 1.80. The van der Waals surface area contributed by atoms with Crippen LogP contribution in [-0.2, 0) is 16.6 Å². The molecule has 9 heteroatoms. The van der Waals surface area contributed by atoms with Crippen LogP contribution in [0.5, 0.6) is 5.75 Å². The minimum absolute atomic E-state index is 0.110. The van der Waals surface area contributed by atoms with Crippen molar-refractivity contribution in [3.8, 4) is 5.75 Å². The maximum atomic E-state index is 12.6. The molecule has 0 saturated heterocycles. The van der Waals surface area contributed by atoms with Crippen molar-refractivity contribution < 1.29 is 14.3 Å². The molecular weight excluding hydrogens is 436 g/mol. The van der Waals surface area contributed by atoms with Gasteiger partial charge >= 0.3 is 0 Å². The standard InChI is InChI=1S/C18H14BrClN4O3/c1-23-13-5-3-11(20)7-12(13)21-18(23)22-16(25)8-24-14-4-2-10(19)6-15(14)27-9-17(24)26/h2-7H,8-9H2,1H3,(H,21,22,25). The van der Waals surface area contributed by atoms with E-state index in [1.54, 1.807) is 41.9 Å². The summed E-state index contributed by atoms with van der Waals surface area (Å²) in [5, 5.41) is 3.32. The van der Waals surface area contributed by atoms with E-state index in [0.717, 1.165) is 9.99 Å². The number of hydrogen-bond acceptors (Lipinski definition) is 4. The van der Waals surface area contributed by atoms with Crippen molar-refractivity contribution >= 4 is 62.0 Å². The van der Waals surface area contributed by atoms with E-state index in [0.29, 0.717) is 27.9 Å². The van der Waals surface area contributed by atoms with Gasteiger partial charge in [0.15, 0.2) is 6.61 Å². The highest BCUT2D eigenvalue weighted by Gasteiger charge is 2.27. The van der Waals surface area contributed by atoms with Gasteiger partial charge in [-0.15, -0.1) is 0 Å². The number of hydrogen-bond donors (Lipinski definition) is 1. The predicted octanol–water partition coefficient (Wildman–Crippen LogP) is 3.35. The van der Waals surface area contributed by atoms with Gasteiger partial charge < -0.3 is 9.30 Å². The van der Waals surface area contributed by atoms with Gasteiger partial charge in [0, 0.05) is 16.5 Å². The SMILES string of the molecule is Cn1c(NC(=O)CN2C(=O)COc3cc(Br)ccc32)nc2cc(Cl)ccc21. The second-order valence-corrected chi connectivity index (χ2v) is 7.41. The maximum absolute atomic E-state index is 12.6. The summed E-state index contributed by atoms with van der Waals surface area (Å²) >= 11 is 9.36. The Balaban J connectivity index is 1.57. The molecule has 1 N–H and O–H groups in total. The van der Waals surface area contributed by atoms with Crippen molar-refractivity contribution in [2.24, 2.45) is 7.05 Å². The quantitative estimate of drug-likeness (QED) is 0.665. The zero-order chi connectivity index (χ0) is 19.1. The van der Waals surface area contributed by atoms with Crippen LogP contribution in [0, 0.1) is 0 Å². The Kier molecular flexibility index (Phi) is 4.53. The lowest BCUT2D eigenvalue weighted by Gasteiger charge is -2.28. The Morgan fingerprint density at radius 3 is 2.96 bits per heavy atom. The number of carbonyl (C=O) groups excluding carboxylic acids is 2. The van der Waals surface area contributed by atoms with E-state index in [1.165, 1.54) is 4.90 Å². The largest absolute Gasteiger partial charge is 0.482 e. The Bertz CT molecular complexity index is 1080. The number of benzene rings is 2. The summed E-state index contributed by atoms with van der Waals surface area (Å²) in [6.07, 6.45) is 0. The van der Waals surface area contributed by atoms with Crippen LogP contribution in [0.3, 0.4) is 0 Å². The van der Waals surface area contributed by atoms with Gasteiger partial charge in [0.25, 0.3) is 5.91 Å². The van der Waals surface area contributed by atoms with Crippen molar-refractivity contribution in [2.45, 2.75) is 0 Å². The molecule has 3 aromatic rings. The number of halogens is 2. The first-order valence-corrected chi connectivity index (χ1v) is 9.24. The average Bonchev–Trinajstić information content (AvgIpc) is 2.92. The first-order valence-electron chi connectivity index (χ1n) is 8.07. The Morgan fingerprint density at radius 2 is 2.15 bits per heavy atom. The summed E-state index contributed by atoms with van der Waals surface area (Å²) in [6.45, 7) is -0.248. The topological polar surface area (TPSA) is 76.5 Å². The van der Waals surface area contributed by atoms with E-state index in [-0.39, 0.29) is 25.0 Å². The van der Waals surface area contributed by atoms with Gasteiger partial charge in [-0.05, 0) is 36.4 Å². The molecule has 1 aliphatic heterocycles. The van der Waals surface area contributed by atoms with Gasteiger partial charge in [0.05, 0.1) is 16.7 Å². The zero-order valence-electron chi connectivity index (χ0n) is 14.2. The number of nitrogens with zero attached hydrogens (tertiary/aromatic N) is 3. The number of rotatable bonds is 3. The number of anilines is 2. The lowest BCUT2D eigenvalue weighted by molar-refractivity contribution is -0.123. The molecule has 7 nitrogen and oxygen atoms in total. The Morgan fingerprint density at radius 1 is 1.33 bits per heavy atom. The summed E-state index contributed by atoms with van der Waals surface area (Å²) in [5.74, 6) is 0.295. The summed E-state index contributed by atoms with van der Waals surface area (Å²) in [4.78, 5) is 30.6. The number of amides is 2. The number of fused-ring (bicyclic) bond motifs is 2. The molecule has 0 radical (unpaired) electrons. The van der Waals surface area contributed by atoms with E-state index >= 15 is 0 Å². The van der Waals surface area contributed by atoms with Crippen molar-refractivity contribution in [2.75, 3.05) is 23.4 Å². The highest BCUT2D eigenvalue weighted by Crippen LogP contribution is 2.34. The van der Waals surface area contributed by atoms with Crippen LogP contribution in [0.1, 0.15) is 0 Å². The molecule has 2 aromatic carbocycles.